The number of ether oxygens (including phenoxy) is 1. The van der Waals surface area contributed by atoms with E-state index in [1.165, 1.54) is 0 Å². The number of nitrogens with zero attached hydrogens (tertiary/aromatic N) is 2. The van der Waals surface area contributed by atoms with Crippen LogP contribution in [-0.4, -0.2) is 82.6 Å². The molecule has 0 aliphatic carbocycles. The zero-order valence-electron chi connectivity index (χ0n) is 20.3. The number of carbonyl (C=O) groups is 3. The predicted molar refractivity (Wildman–Crippen MR) is 119 cm³/mol. The van der Waals surface area contributed by atoms with Gasteiger partial charge in [0.15, 0.2) is 0 Å². The number of pyridine rings is 1. The monoisotopic (exact) mass is 569 g/mol. The molecule has 216 valence electrons. The fourth-order valence-corrected chi connectivity index (χ4v) is 3.84. The van der Waals surface area contributed by atoms with E-state index in [1.807, 2.05) is 19.1 Å². The second-order valence-electron chi connectivity index (χ2n) is 8.55. The minimum atomic E-state index is -5.08. The molecule has 2 fully saturated rings. The van der Waals surface area contributed by atoms with Gasteiger partial charge in [0.1, 0.15) is 11.5 Å². The van der Waals surface area contributed by atoms with Crippen LogP contribution in [0.3, 0.4) is 0 Å². The van der Waals surface area contributed by atoms with Crippen molar-refractivity contribution in [2.75, 3.05) is 26.2 Å². The lowest BCUT2D eigenvalue weighted by Crippen LogP contribution is -2.34. The molecule has 39 heavy (non-hydrogen) atoms. The lowest BCUT2D eigenvalue weighted by molar-refractivity contribution is -0.193. The van der Waals surface area contributed by atoms with Gasteiger partial charge in [0.2, 0.25) is 0 Å². The van der Waals surface area contributed by atoms with Gasteiger partial charge in [-0.3, -0.25) is 14.7 Å². The summed E-state index contributed by atoms with van der Waals surface area (Å²) in [5.41, 5.74) is 0.645. The van der Waals surface area contributed by atoms with Crippen LogP contribution in [0.25, 0.3) is 0 Å². The van der Waals surface area contributed by atoms with E-state index in [4.69, 9.17) is 29.0 Å². The maximum absolute atomic E-state index is 12.2. The van der Waals surface area contributed by atoms with E-state index in [0.717, 1.165) is 37.8 Å². The Morgan fingerprint density at radius 3 is 2.05 bits per heavy atom. The number of rotatable bonds is 5. The smallest absolute Gasteiger partial charge is 0.475 e. The molecule has 1 amide bonds. The summed E-state index contributed by atoms with van der Waals surface area (Å²) in [6, 6.07) is 7.49. The van der Waals surface area contributed by atoms with Crippen LogP contribution in [0.15, 0.2) is 41.1 Å². The molecule has 0 aromatic carbocycles. The highest BCUT2D eigenvalue weighted by Crippen LogP contribution is 2.34. The lowest BCUT2D eigenvalue weighted by Gasteiger charge is -2.19. The van der Waals surface area contributed by atoms with Crippen LogP contribution in [0.1, 0.15) is 21.9 Å². The summed E-state index contributed by atoms with van der Waals surface area (Å²) >= 11 is 0. The van der Waals surface area contributed by atoms with Crippen LogP contribution in [-0.2, 0) is 20.9 Å². The Labute approximate surface area is 217 Å². The van der Waals surface area contributed by atoms with E-state index >= 15 is 0 Å². The largest absolute Gasteiger partial charge is 0.490 e. The Bertz CT molecular complexity index is 1080. The van der Waals surface area contributed by atoms with E-state index in [-0.39, 0.29) is 12.0 Å². The number of carbonyl (C=O) groups excluding carboxylic acids is 1. The predicted octanol–water partition coefficient (Wildman–Crippen LogP) is 3.13. The summed E-state index contributed by atoms with van der Waals surface area (Å²) in [5.74, 6) is -2.79. The summed E-state index contributed by atoms with van der Waals surface area (Å²) in [5, 5.41) is 17.3. The molecular formula is C23H25F6N3O7. The number of carboxylic acids is 2. The molecular weight excluding hydrogens is 544 g/mol. The molecule has 0 spiro atoms. The summed E-state index contributed by atoms with van der Waals surface area (Å²) in [6.45, 7) is 6.07. The van der Waals surface area contributed by atoms with Gasteiger partial charge in [-0.2, -0.15) is 26.3 Å². The minimum absolute atomic E-state index is 0.0493. The summed E-state index contributed by atoms with van der Waals surface area (Å²) in [4.78, 5) is 36.3. The van der Waals surface area contributed by atoms with Crippen LogP contribution in [0, 0.1) is 18.8 Å². The van der Waals surface area contributed by atoms with Crippen molar-refractivity contribution < 1.29 is 60.1 Å². The molecule has 3 N–H and O–H groups in total. The van der Waals surface area contributed by atoms with Crippen molar-refractivity contribution in [2.24, 2.45) is 11.8 Å². The number of fused-ring (bicyclic) bond motifs is 1. The number of carboxylic acid groups (broad SMARTS) is 2. The third kappa shape index (κ3) is 10.2. The third-order valence-electron chi connectivity index (χ3n) is 5.64. The average Bonchev–Trinajstić information content (AvgIpc) is 3.54. The van der Waals surface area contributed by atoms with Crippen molar-refractivity contribution in [2.45, 2.75) is 31.9 Å². The first-order valence-electron chi connectivity index (χ1n) is 11.3. The number of alkyl halides is 6. The molecule has 2 aliphatic heterocycles. The van der Waals surface area contributed by atoms with Gasteiger partial charge in [0.25, 0.3) is 5.91 Å². The fourth-order valence-electron chi connectivity index (χ4n) is 3.84. The molecule has 2 aromatic heterocycles. The van der Waals surface area contributed by atoms with Crippen molar-refractivity contribution in [1.82, 2.24) is 15.2 Å². The Balaban J connectivity index is 0.000000317. The van der Waals surface area contributed by atoms with E-state index < -0.39 is 24.3 Å². The van der Waals surface area contributed by atoms with Crippen molar-refractivity contribution in [3.05, 3.63) is 53.7 Å². The van der Waals surface area contributed by atoms with Crippen molar-refractivity contribution in [3.63, 3.8) is 0 Å². The minimum Gasteiger partial charge on any atom is -0.475 e. The maximum atomic E-state index is 12.2. The highest BCUT2D eigenvalue weighted by Gasteiger charge is 2.44. The normalized spacial score (nSPS) is 20.6. The highest BCUT2D eigenvalue weighted by molar-refractivity contribution is 5.93. The number of amides is 1. The standard InChI is InChI=1S/C19H23N3O3.2C2HF3O2/c1-13-2-3-16(25-13)9-22-10-17-15(12-24-18(17)11-22)8-21-19(23)14-4-6-20-7-5-14;2*3-2(4,5)1(6)7/h2-7,15,17-18H,8-12H2,1H3,(H,21,23);2*(H,6,7)/t15-,17-,18-;;/m1../s1. The second-order valence-corrected chi connectivity index (χ2v) is 8.55. The molecule has 10 nitrogen and oxygen atoms in total. The van der Waals surface area contributed by atoms with Crippen LogP contribution < -0.4 is 5.32 Å². The quantitative estimate of drug-likeness (QED) is 0.463. The summed E-state index contributed by atoms with van der Waals surface area (Å²) < 4.78 is 75.1. The molecule has 2 aromatic rings. The number of hydrogen-bond donors (Lipinski definition) is 3. The van der Waals surface area contributed by atoms with Crippen LogP contribution in [0.5, 0.6) is 0 Å². The molecule has 4 heterocycles. The van der Waals surface area contributed by atoms with Crippen molar-refractivity contribution >= 4 is 17.8 Å². The number of furan rings is 1. The molecule has 16 heteroatoms. The van der Waals surface area contributed by atoms with Gasteiger partial charge in [0, 0.05) is 49.4 Å². The van der Waals surface area contributed by atoms with Crippen molar-refractivity contribution in [3.8, 4) is 0 Å². The number of aryl methyl sites for hydroxylation is 1. The van der Waals surface area contributed by atoms with Gasteiger partial charge >= 0.3 is 24.3 Å². The van der Waals surface area contributed by atoms with Gasteiger partial charge in [-0.05, 0) is 31.2 Å². The molecule has 0 saturated carbocycles. The number of aromatic nitrogens is 1. The first kappa shape index (κ1) is 31.6. The van der Waals surface area contributed by atoms with Crippen LogP contribution >= 0.6 is 0 Å². The number of aliphatic carboxylic acids is 2. The summed E-state index contributed by atoms with van der Waals surface area (Å²) in [7, 11) is 0. The molecule has 3 atom stereocenters. The summed E-state index contributed by atoms with van der Waals surface area (Å²) in [6.07, 6.45) is -6.64. The lowest BCUT2D eigenvalue weighted by atomic mass is 9.93. The van der Waals surface area contributed by atoms with E-state index in [9.17, 15) is 31.1 Å². The highest BCUT2D eigenvalue weighted by atomic mass is 19.4. The zero-order chi connectivity index (χ0) is 29.4. The van der Waals surface area contributed by atoms with Crippen LogP contribution in [0.4, 0.5) is 26.3 Å². The average molecular weight is 569 g/mol. The van der Waals surface area contributed by atoms with Gasteiger partial charge < -0.3 is 24.7 Å². The molecule has 2 aliphatic rings. The Morgan fingerprint density at radius 2 is 1.56 bits per heavy atom. The van der Waals surface area contributed by atoms with E-state index in [1.54, 1.807) is 24.5 Å². The zero-order valence-corrected chi connectivity index (χ0v) is 20.3. The van der Waals surface area contributed by atoms with E-state index in [0.29, 0.717) is 23.9 Å². The molecule has 0 bridgehead atoms. The SMILES string of the molecule is Cc1ccc(CN2C[C@@H]3[C@H](CNC(=O)c4ccncc4)CO[C@@H]3C2)o1.O=C(O)C(F)(F)F.O=C(O)C(F)(F)F. The molecule has 0 unspecified atom stereocenters. The number of likely N-dealkylation sites (tertiary alicyclic amines) is 1. The molecule has 0 radical (unpaired) electrons. The first-order valence-corrected chi connectivity index (χ1v) is 11.3. The Kier molecular flexibility index (Phi) is 10.9. The maximum Gasteiger partial charge on any atom is 0.490 e. The third-order valence-corrected chi connectivity index (χ3v) is 5.64. The van der Waals surface area contributed by atoms with Crippen molar-refractivity contribution in [1.29, 1.82) is 0 Å². The van der Waals surface area contributed by atoms with Gasteiger partial charge in [-0.1, -0.05) is 0 Å². The molecule has 4 rings (SSSR count). The Morgan fingerprint density at radius 1 is 1.00 bits per heavy atom. The first-order chi connectivity index (χ1) is 18.1. The topological polar surface area (TPSA) is 142 Å². The number of nitrogens with one attached hydrogen (secondary N) is 1. The van der Waals surface area contributed by atoms with E-state index in [2.05, 4.69) is 15.2 Å². The fraction of sp³-hybridized carbons (Fsp3) is 0.478. The van der Waals surface area contributed by atoms with Crippen LogP contribution in [0.2, 0.25) is 0 Å². The van der Waals surface area contributed by atoms with Gasteiger partial charge in [-0.15, -0.1) is 0 Å². The number of halogens is 6. The number of hydrogen-bond acceptors (Lipinski definition) is 7. The van der Waals surface area contributed by atoms with Gasteiger partial charge in [-0.25, -0.2) is 9.59 Å². The molecule has 2 saturated heterocycles. The second kappa shape index (κ2) is 13.4. The van der Waals surface area contributed by atoms with Gasteiger partial charge in [0.05, 0.1) is 19.3 Å². The Hall–Kier alpha value is -3.66.